The molecular weight excluding hydrogens is 387 g/mol. The Morgan fingerprint density at radius 1 is 0.867 bits per heavy atom. The molecule has 0 aliphatic carbocycles. The first-order valence-corrected chi connectivity index (χ1v) is 9.25. The van der Waals surface area contributed by atoms with E-state index < -0.39 is 5.63 Å². The van der Waals surface area contributed by atoms with Crippen molar-refractivity contribution in [2.75, 3.05) is 14.2 Å². The van der Waals surface area contributed by atoms with Gasteiger partial charge in [0, 0.05) is 11.5 Å². The van der Waals surface area contributed by atoms with E-state index in [0.717, 1.165) is 10.9 Å². The Labute approximate surface area is 172 Å². The molecule has 0 fully saturated rings. The molecular formula is C24H19FO5. The van der Waals surface area contributed by atoms with Crippen molar-refractivity contribution in [1.29, 1.82) is 0 Å². The fraction of sp³-hybridized carbons (Fsp3) is 0.125. The van der Waals surface area contributed by atoms with Gasteiger partial charge in [0.2, 0.25) is 0 Å². The molecule has 0 spiro atoms. The second-order valence-electron chi connectivity index (χ2n) is 6.63. The summed E-state index contributed by atoms with van der Waals surface area (Å²) in [6.45, 7) is 0.278. The summed E-state index contributed by atoms with van der Waals surface area (Å²) in [5, 5.41) is 0.758. The highest BCUT2D eigenvalue weighted by molar-refractivity contribution is 5.83. The predicted octanol–water partition coefficient (Wildman–Crippen LogP) is 5.20. The molecule has 0 saturated carbocycles. The van der Waals surface area contributed by atoms with Gasteiger partial charge in [-0.2, -0.15) is 0 Å². The van der Waals surface area contributed by atoms with Gasteiger partial charge >= 0.3 is 5.63 Å². The summed E-state index contributed by atoms with van der Waals surface area (Å²) in [5.74, 6) is 1.36. The first kappa shape index (κ1) is 19.5. The van der Waals surface area contributed by atoms with Crippen LogP contribution in [0, 0.1) is 5.82 Å². The van der Waals surface area contributed by atoms with E-state index in [1.165, 1.54) is 19.2 Å². The minimum absolute atomic E-state index is 0.278. The van der Waals surface area contributed by atoms with E-state index in [0.29, 0.717) is 34.0 Å². The average Bonchev–Trinajstić information content (AvgIpc) is 2.77. The molecule has 30 heavy (non-hydrogen) atoms. The van der Waals surface area contributed by atoms with Crippen LogP contribution in [0.4, 0.5) is 4.39 Å². The quantitative estimate of drug-likeness (QED) is 0.412. The molecule has 1 heterocycles. The average molecular weight is 406 g/mol. The summed E-state index contributed by atoms with van der Waals surface area (Å²) in [6.07, 6.45) is 0. The zero-order valence-corrected chi connectivity index (χ0v) is 16.5. The van der Waals surface area contributed by atoms with Crippen molar-refractivity contribution in [2.24, 2.45) is 0 Å². The molecule has 152 valence electrons. The van der Waals surface area contributed by atoms with Gasteiger partial charge in [0.05, 0.1) is 19.8 Å². The molecule has 3 aromatic carbocycles. The molecule has 0 aliphatic heterocycles. The first-order chi connectivity index (χ1) is 14.6. The van der Waals surface area contributed by atoms with Gasteiger partial charge in [0.25, 0.3) is 0 Å². The number of fused-ring (bicyclic) bond motifs is 1. The molecule has 0 saturated heterocycles. The van der Waals surface area contributed by atoms with Gasteiger partial charge in [-0.05, 0) is 53.6 Å². The highest BCUT2D eigenvalue weighted by atomic mass is 19.1. The van der Waals surface area contributed by atoms with Crippen LogP contribution in [0.25, 0.3) is 22.1 Å². The van der Waals surface area contributed by atoms with Crippen LogP contribution in [0.1, 0.15) is 5.56 Å². The van der Waals surface area contributed by atoms with Crippen LogP contribution < -0.4 is 19.8 Å². The first-order valence-electron chi connectivity index (χ1n) is 9.25. The third kappa shape index (κ3) is 3.98. The van der Waals surface area contributed by atoms with Gasteiger partial charge in [-0.15, -0.1) is 0 Å². The van der Waals surface area contributed by atoms with Crippen molar-refractivity contribution >= 4 is 11.0 Å². The van der Waals surface area contributed by atoms with Crippen molar-refractivity contribution in [3.8, 4) is 28.4 Å². The zero-order chi connectivity index (χ0) is 21.1. The van der Waals surface area contributed by atoms with Crippen molar-refractivity contribution < 1.29 is 23.0 Å². The van der Waals surface area contributed by atoms with Gasteiger partial charge in [0.15, 0.2) is 11.5 Å². The molecule has 0 radical (unpaired) electrons. The van der Waals surface area contributed by atoms with Crippen molar-refractivity contribution in [1.82, 2.24) is 0 Å². The van der Waals surface area contributed by atoms with Crippen LogP contribution in [-0.2, 0) is 6.61 Å². The number of hydrogen-bond donors (Lipinski definition) is 0. The van der Waals surface area contributed by atoms with E-state index in [9.17, 15) is 9.18 Å². The van der Waals surface area contributed by atoms with Gasteiger partial charge in [0.1, 0.15) is 23.8 Å². The summed E-state index contributed by atoms with van der Waals surface area (Å²) < 4.78 is 34.8. The van der Waals surface area contributed by atoms with Crippen molar-refractivity contribution in [3.05, 3.63) is 88.5 Å². The van der Waals surface area contributed by atoms with Crippen molar-refractivity contribution in [2.45, 2.75) is 6.61 Å². The number of ether oxygens (including phenoxy) is 3. The van der Waals surface area contributed by atoms with Crippen LogP contribution >= 0.6 is 0 Å². The van der Waals surface area contributed by atoms with E-state index in [-0.39, 0.29) is 12.4 Å². The van der Waals surface area contributed by atoms with E-state index in [4.69, 9.17) is 18.6 Å². The highest BCUT2D eigenvalue weighted by Crippen LogP contribution is 2.32. The van der Waals surface area contributed by atoms with Crippen LogP contribution in [-0.4, -0.2) is 14.2 Å². The minimum Gasteiger partial charge on any atom is -0.493 e. The number of halogens is 1. The Kier molecular flexibility index (Phi) is 5.39. The predicted molar refractivity (Wildman–Crippen MR) is 112 cm³/mol. The lowest BCUT2D eigenvalue weighted by molar-refractivity contribution is 0.306. The maximum Gasteiger partial charge on any atom is 0.344 e. The molecule has 4 aromatic rings. The number of benzene rings is 3. The Balaban J connectivity index is 1.62. The standard InChI is InChI=1S/C24H19FO5/c1-27-21-10-6-16(12-23(21)28-2)20-11-17-5-9-19(13-22(17)30-24(20)26)29-14-15-3-7-18(25)8-4-15/h3-13H,14H2,1-2H3. The Morgan fingerprint density at radius 2 is 1.63 bits per heavy atom. The Bertz CT molecular complexity index is 1240. The summed E-state index contributed by atoms with van der Waals surface area (Å²) in [6, 6.07) is 18.4. The van der Waals surface area contributed by atoms with Gasteiger partial charge in [-0.1, -0.05) is 18.2 Å². The Morgan fingerprint density at radius 3 is 2.37 bits per heavy atom. The fourth-order valence-corrected chi connectivity index (χ4v) is 3.13. The third-order valence-corrected chi connectivity index (χ3v) is 4.72. The smallest absolute Gasteiger partial charge is 0.344 e. The van der Waals surface area contributed by atoms with Gasteiger partial charge in [-0.3, -0.25) is 0 Å². The number of rotatable bonds is 6. The number of methoxy groups -OCH3 is 2. The van der Waals surface area contributed by atoms with E-state index in [2.05, 4.69) is 0 Å². The molecule has 0 unspecified atom stereocenters. The van der Waals surface area contributed by atoms with E-state index >= 15 is 0 Å². The fourth-order valence-electron chi connectivity index (χ4n) is 3.13. The lowest BCUT2D eigenvalue weighted by atomic mass is 10.1. The van der Waals surface area contributed by atoms with Crippen LogP contribution in [0.2, 0.25) is 0 Å². The maximum atomic E-state index is 13.0. The third-order valence-electron chi connectivity index (χ3n) is 4.72. The Hall–Kier alpha value is -3.80. The molecule has 4 rings (SSSR count). The lowest BCUT2D eigenvalue weighted by Gasteiger charge is -2.10. The largest absolute Gasteiger partial charge is 0.493 e. The lowest BCUT2D eigenvalue weighted by Crippen LogP contribution is -2.03. The van der Waals surface area contributed by atoms with Crippen LogP contribution in [0.15, 0.2) is 75.9 Å². The van der Waals surface area contributed by atoms with Crippen LogP contribution in [0.3, 0.4) is 0 Å². The van der Waals surface area contributed by atoms with Gasteiger partial charge in [-0.25, -0.2) is 9.18 Å². The molecule has 6 heteroatoms. The molecule has 0 aliphatic rings. The monoisotopic (exact) mass is 406 g/mol. The molecule has 1 aromatic heterocycles. The van der Waals surface area contributed by atoms with E-state index in [1.54, 1.807) is 55.6 Å². The highest BCUT2D eigenvalue weighted by Gasteiger charge is 2.12. The zero-order valence-electron chi connectivity index (χ0n) is 16.5. The maximum absolute atomic E-state index is 13.0. The number of hydrogen-bond acceptors (Lipinski definition) is 5. The minimum atomic E-state index is -0.467. The van der Waals surface area contributed by atoms with E-state index in [1.807, 2.05) is 6.07 Å². The van der Waals surface area contributed by atoms with Crippen LogP contribution in [0.5, 0.6) is 17.2 Å². The summed E-state index contributed by atoms with van der Waals surface area (Å²) in [7, 11) is 3.09. The molecule has 5 nitrogen and oxygen atoms in total. The topological polar surface area (TPSA) is 57.9 Å². The van der Waals surface area contributed by atoms with Crippen molar-refractivity contribution in [3.63, 3.8) is 0 Å². The second kappa shape index (κ2) is 8.29. The summed E-state index contributed by atoms with van der Waals surface area (Å²) in [4.78, 5) is 12.6. The molecule has 0 bridgehead atoms. The normalized spacial score (nSPS) is 10.8. The molecule has 0 amide bonds. The van der Waals surface area contributed by atoms with Gasteiger partial charge < -0.3 is 18.6 Å². The molecule has 0 atom stereocenters. The summed E-state index contributed by atoms with van der Waals surface area (Å²) in [5.41, 5.74) is 1.87. The molecule has 0 N–H and O–H groups in total. The SMILES string of the molecule is COc1ccc(-c2cc3ccc(OCc4ccc(F)cc4)cc3oc2=O)cc1OC. The summed E-state index contributed by atoms with van der Waals surface area (Å²) >= 11 is 0. The second-order valence-corrected chi connectivity index (χ2v) is 6.63.